The fourth-order valence-electron chi connectivity index (χ4n) is 3.19. The van der Waals surface area contributed by atoms with E-state index in [1.54, 1.807) is 39.5 Å². The average molecular weight is 399 g/mol. The van der Waals surface area contributed by atoms with Crippen LogP contribution in [0.2, 0.25) is 0 Å². The maximum atomic E-state index is 13.2. The quantitative estimate of drug-likeness (QED) is 0.383. The van der Waals surface area contributed by atoms with Crippen molar-refractivity contribution in [2.45, 2.75) is 19.8 Å². The summed E-state index contributed by atoms with van der Waals surface area (Å²) in [5, 5.41) is 0. The van der Waals surface area contributed by atoms with Gasteiger partial charge in [0.15, 0.2) is 17.3 Å². The summed E-state index contributed by atoms with van der Waals surface area (Å²) >= 11 is 0. The van der Waals surface area contributed by atoms with Crippen molar-refractivity contribution in [2.75, 3.05) is 46.1 Å². The maximum absolute atomic E-state index is 13.2. The first kappa shape index (κ1) is 22.1. The van der Waals surface area contributed by atoms with Gasteiger partial charge >= 0.3 is 0 Å². The molecule has 0 fully saturated rings. The summed E-state index contributed by atoms with van der Waals surface area (Å²) in [7, 11) is 8.56. The van der Waals surface area contributed by atoms with Gasteiger partial charge in [-0.2, -0.15) is 0 Å². The molecular formula is C23H30N2O4. The van der Waals surface area contributed by atoms with Crippen molar-refractivity contribution in [3.05, 3.63) is 47.0 Å². The van der Waals surface area contributed by atoms with Gasteiger partial charge in [-0.1, -0.05) is 13.3 Å². The number of anilines is 2. The number of hydrogen-bond acceptors (Lipinski definition) is 6. The molecule has 2 N–H and O–H groups in total. The van der Waals surface area contributed by atoms with Crippen molar-refractivity contribution in [1.82, 2.24) is 0 Å². The van der Waals surface area contributed by atoms with Crippen LogP contribution in [0.1, 0.15) is 35.7 Å². The summed E-state index contributed by atoms with van der Waals surface area (Å²) in [5.41, 5.74) is 9.53. The number of nitrogens with two attached hydrogens (primary N) is 1. The number of methoxy groups -OCH3 is 3. The Labute approximate surface area is 172 Å². The third-order valence-electron chi connectivity index (χ3n) is 4.63. The molecule has 0 saturated carbocycles. The average Bonchev–Trinajstić information content (AvgIpc) is 2.71. The van der Waals surface area contributed by atoms with Crippen LogP contribution >= 0.6 is 0 Å². The van der Waals surface area contributed by atoms with Gasteiger partial charge in [0.05, 0.1) is 32.7 Å². The molecule has 0 aliphatic carbocycles. The smallest absolute Gasteiger partial charge is 0.189 e. The second-order valence-corrected chi connectivity index (χ2v) is 6.87. The van der Waals surface area contributed by atoms with Crippen LogP contribution in [0.4, 0.5) is 11.4 Å². The van der Waals surface area contributed by atoms with Crippen molar-refractivity contribution in [1.29, 1.82) is 0 Å². The minimum Gasteiger partial charge on any atom is -0.497 e. The summed E-state index contributed by atoms with van der Waals surface area (Å²) in [4.78, 5) is 15.2. The molecule has 0 spiro atoms. The molecule has 2 aromatic rings. The number of carbonyl (C=O) groups is 1. The van der Waals surface area contributed by atoms with Gasteiger partial charge in [-0.05, 0) is 36.8 Å². The molecule has 0 saturated heterocycles. The third kappa shape index (κ3) is 5.02. The zero-order valence-corrected chi connectivity index (χ0v) is 18.0. The third-order valence-corrected chi connectivity index (χ3v) is 4.63. The lowest BCUT2D eigenvalue weighted by molar-refractivity contribution is 0.103. The molecule has 2 rings (SSSR count). The van der Waals surface area contributed by atoms with Crippen molar-refractivity contribution in [2.24, 2.45) is 0 Å². The van der Waals surface area contributed by atoms with Crippen LogP contribution in [0.25, 0.3) is 6.08 Å². The number of hydrogen-bond donors (Lipinski definition) is 1. The minimum atomic E-state index is -0.0623. The number of benzene rings is 2. The monoisotopic (exact) mass is 398 g/mol. The molecule has 0 aromatic heterocycles. The van der Waals surface area contributed by atoms with Crippen LogP contribution in [0, 0.1) is 0 Å². The maximum Gasteiger partial charge on any atom is 0.189 e. The summed E-state index contributed by atoms with van der Waals surface area (Å²) in [6.45, 7) is 2.04. The number of Topliss-reactive ketones (excluding diaryl/α,β-unsaturated/α-hetero) is 1. The number of ketones is 1. The summed E-state index contributed by atoms with van der Waals surface area (Å²) in [6.07, 6.45) is 3.29. The van der Waals surface area contributed by atoms with Crippen LogP contribution in [0.3, 0.4) is 0 Å². The predicted molar refractivity (Wildman–Crippen MR) is 118 cm³/mol. The Morgan fingerprint density at radius 3 is 2.31 bits per heavy atom. The van der Waals surface area contributed by atoms with Gasteiger partial charge in [0.1, 0.15) is 5.75 Å². The molecule has 6 nitrogen and oxygen atoms in total. The number of nitrogens with zero attached hydrogens (tertiary/aromatic N) is 1. The molecule has 0 unspecified atom stereocenters. The number of nitrogen functional groups attached to an aromatic ring is 1. The second-order valence-electron chi connectivity index (χ2n) is 6.87. The van der Waals surface area contributed by atoms with E-state index in [0.29, 0.717) is 40.5 Å². The summed E-state index contributed by atoms with van der Waals surface area (Å²) < 4.78 is 16.3. The van der Waals surface area contributed by atoms with Crippen molar-refractivity contribution >= 4 is 23.2 Å². The molecule has 0 aliphatic rings. The highest BCUT2D eigenvalue weighted by atomic mass is 16.5. The fraction of sp³-hybridized carbons (Fsp3) is 0.348. The molecule has 29 heavy (non-hydrogen) atoms. The first-order valence-electron chi connectivity index (χ1n) is 9.48. The van der Waals surface area contributed by atoms with Gasteiger partial charge in [-0.3, -0.25) is 4.79 Å². The summed E-state index contributed by atoms with van der Waals surface area (Å²) in [6, 6.07) is 8.97. The predicted octanol–water partition coefficient (Wildman–Crippen LogP) is 4.43. The number of carbonyl (C=O) groups excluding carboxylic acids is 1. The topological polar surface area (TPSA) is 74.0 Å². The van der Waals surface area contributed by atoms with Crippen LogP contribution in [0.5, 0.6) is 17.2 Å². The van der Waals surface area contributed by atoms with Crippen LogP contribution < -0.4 is 24.8 Å². The Morgan fingerprint density at radius 2 is 1.79 bits per heavy atom. The molecule has 6 heteroatoms. The summed E-state index contributed by atoms with van der Waals surface area (Å²) in [5.74, 6) is 1.66. The van der Waals surface area contributed by atoms with Crippen molar-refractivity contribution < 1.29 is 19.0 Å². The van der Waals surface area contributed by atoms with E-state index in [1.165, 1.54) is 0 Å². The van der Waals surface area contributed by atoms with Gasteiger partial charge in [-0.15, -0.1) is 0 Å². The molecule has 156 valence electrons. The Hall–Kier alpha value is -3.15. The standard InChI is InChI=1S/C23H30N2O4/c1-7-8-15(22(26)16-9-10-20(25(2)3)19(24)13-16)11-17-12-18(27-4)14-21(28-5)23(17)29-6/h9-14H,7-8,24H2,1-6H3. The largest absolute Gasteiger partial charge is 0.497 e. The van der Waals surface area contributed by atoms with E-state index in [0.717, 1.165) is 17.7 Å². The Bertz CT molecular complexity index is 904. The molecular weight excluding hydrogens is 368 g/mol. The van der Waals surface area contributed by atoms with Gasteiger partial charge in [0, 0.05) is 36.9 Å². The Kier molecular flexibility index (Phi) is 7.53. The van der Waals surface area contributed by atoms with E-state index in [-0.39, 0.29) is 5.78 Å². The first-order chi connectivity index (χ1) is 13.9. The first-order valence-corrected chi connectivity index (χ1v) is 9.48. The SMILES string of the molecule is CCCC(=Cc1cc(OC)cc(OC)c1OC)C(=O)c1ccc(N(C)C)c(N)c1. The van der Waals surface area contributed by atoms with E-state index in [9.17, 15) is 4.79 Å². The molecule has 0 bridgehead atoms. The van der Waals surface area contributed by atoms with Crippen molar-refractivity contribution in [3.8, 4) is 17.2 Å². The van der Waals surface area contributed by atoms with E-state index < -0.39 is 0 Å². The lowest BCUT2D eigenvalue weighted by Gasteiger charge is -2.16. The molecule has 0 heterocycles. The zero-order chi connectivity index (χ0) is 21.6. The lowest BCUT2D eigenvalue weighted by atomic mass is 9.96. The van der Waals surface area contributed by atoms with Crippen molar-refractivity contribution in [3.63, 3.8) is 0 Å². The lowest BCUT2D eigenvalue weighted by Crippen LogP contribution is -2.12. The molecule has 0 atom stereocenters. The fourth-order valence-corrected chi connectivity index (χ4v) is 3.19. The molecule has 0 radical (unpaired) electrons. The minimum absolute atomic E-state index is 0.0623. The number of ether oxygens (including phenoxy) is 3. The van der Waals surface area contributed by atoms with E-state index in [1.807, 2.05) is 44.1 Å². The van der Waals surface area contributed by atoms with Gasteiger partial charge in [-0.25, -0.2) is 0 Å². The van der Waals surface area contributed by atoms with E-state index in [4.69, 9.17) is 19.9 Å². The molecule has 0 aliphatic heterocycles. The number of rotatable bonds is 9. The van der Waals surface area contributed by atoms with Gasteiger partial charge < -0.3 is 24.8 Å². The van der Waals surface area contributed by atoms with E-state index >= 15 is 0 Å². The van der Waals surface area contributed by atoms with Crippen LogP contribution in [-0.2, 0) is 0 Å². The van der Waals surface area contributed by atoms with Crippen LogP contribution in [-0.4, -0.2) is 41.2 Å². The zero-order valence-electron chi connectivity index (χ0n) is 18.0. The molecule has 2 aromatic carbocycles. The highest BCUT2D eigenvalue weighted by molar-refractivity contribution is 6.12. The second kappa shape index (κ2) is 9.87. The van der Waals surface area contributed by atoms with Gasteiger partial charge in [0.25, 0.3) is 0 Å². The Balaban J connectivity index is 2.55. The van der Waals surface area contributed by atoms with Gasteiger partial charge in [0.2, 0.25) is 0 Å². The highest BCUT2D eigenvalue weighted by Crippen LogP contribution is 2.37. The Morgan fingerprint density at radius 1 is 1.07 bits per heavy atom. The van der Waals surface area contributed by atoms with Crippen LogP contribution in [0.15, 0.2) is 35.9 Å². The van der Waals surface area contributed by atoms with E-state index in [2.05, 4.69) is 0 Å². The normalized spacial score (nSPS) is 11.2. The molecule has 0 amide bonds. The number of allylic oxidation sites excluding steroid dienone is 1. The highest BCUT2D eigenvalue weighted by Gasteiger charge is 2.17.